The zero-order valence-electron chi connectivity index (χ0n) is 21.2. The largest absolute Gasteiger partial charge is 0.490 e. The van der Waals surface area contributed by atoms with Crippen LogP contribution in [0.15, 0.2) is 76.3 Å². The minimum absolute atomic E-state index is 0.0253. The summed E-state index contributed by atoms with van der Waals surface area (Å²) in [6.07, 6.45) is 0. The number of nitrogens with zero attached hydrogens (tertiary/aromatic N) is 1. The minimum atomic E-state index is -0.533. The Morgan fingerprint density at radius 2 is 1.62 bits per heavy atom. The fourth-order valence-electron chi connectivity index (χ4n) is 4.41. The minimum Gasteiger partial charge on any atom is -0.490 e. The summed E-state index contributed by atoms with van der Waals surface area (Å²) in [5.41, 5.74) is 2.63. The van der Waals surface area contributed by atoms with E-state index in [4.69, 9.17) is 9.47 Å². The summed E-state index contributed by atoms with van der Waals surface area (Å²) in [4.78, 5) is 28.1. The molecule has 0 aliphatic carbocycles. The number of halogens is 2. The molecule has 5 rings (SSSR count). The number of rotatable bonds is 7. The second-order valence-electron chi connectivity index (χ2n) is 8.89. The molecule has 1 N–H and O–H groups in total. The van der Waals surface area contributed by atoms with Crippen LogP contribution in [0.2, 0.25) is 0 Å². The Morgan fingerprint density at radius 3 is 2.28 bits per heavy atom. The molecule has 0 radical (unpaired) electrons. The Labute approximate surface area is 225 Å². The molecular weight excluding hydrogens is 522 g/mol. The highest BCUT2D eigenvalue weighted by atomic mass is 32.1. The Bertz CT molecular complexity index is 1910. The zero-order valence-corrected chi connectivity index (χ0v) is 22.0. The van der Waals surface area contributed by atoms with Crippen molar-refractivity contribution >= 4 is 34.4 Å². The van der Waals surface area contributed by atoms with Crippen molar-refractivity contribution in [3.8, 4) is 22.8 Å². The fourth-order valence-corrected chi connectivity index (χ4v) is 5.22. The first-order valence-corrected chi connectivity index (χ1v) is 12.9. The molecule has 0 spiro atoms. The molecule has 198 valence electrons. The van der Waals surface area contributed by atoms with Gasteiger partial charge in [0, 0.05) is 12.6 Å². The highest BCUT2D eigenvalue weighted by Crippen LogP contribution is 2.31. The van der Waals surface area contributed by atoms with Gasteiger partial charge in [0.15, 0.2) is 5.75 Å². The van der Waals surface area contributed by atoms with E-state index in [2.05, 4.69) is 11.6 Å². The summed E-state index contributed by atoms with van der Waals surface area (Å²) in [5.74, 6) is -0.330. The van der Waals surface area contributed by atoms with Crippen molar-refractivity contribution in [3.05, 3.63) is 114 Å². The van der Waals surface area contributed by atoms with Crippen LogP contribution < -0.4 is 29.7 Å². The number of fused-ring (bicyclic) bond motifs is 1. The highest BCUT2D eigenvalue weighted by molar-refractivity contribution is 7.07. The van der Waals surface area contributed by atoms with Crippen LogP contribution in [-0.2, 0) is 7.05 Å². The SMILES string of the molecule is C=c1[nH]c(=O)/c(=C(/C)c2ccc(OCCOc3c(-c4ccc(F)cc4)n(C)c4ccc(F)cc4c3=O)cc2)s1. The lowest BCUT2D eigenvalue weighted by molar-refractivity contribution is 0.216. The Kier molecular flexibility index (Phi) is 7.17. The Morgan fingerprint density at radius 1 is 0.949 bits per heavy atom. The van der Waals surface area contributed by atoms with Gasteiger partial charge in [-0.1, -0.05) is 18.7 Å². The van der Waals surface area contributed by atoms with Crippen molar-refractivity contribution in [2.75, 3.05) is 13.2 Å². The van der Waals surface area contributed by atoms with E-state index in [9.17, 15) is 18.4 Å². The maximum atomic E-state index is 14.0. The van der Waals surface area contributed by atoms with Crippen molar-refractivity contribution in [1.29, 1.82) is 0 Å². The molecule has 0 aliphatic rings. The van der Waals surface area contributed by atoms with E-state index in [1.165, 1.54) is 41.7 Å². The topological polar surface area (TPSA) is 73.3 Å². The number of pyridine rings is 1. The van der Waals surface area contributed by atoms with Gasteiger partial charge in [0.1, 0.15) is 30.6 Å². The maximum absolute atomic E-state index is 14.0. The monoisotopic (exact) mass is 546 g/mol. The van der Waals surface area contributed by atoms with Gasteiger partial charge in [-0.05, 0) is 72.7 Å². The number of thiazole rings is 1. The van der Waals surface area contributed by atoms with Crippen molar-refractivity contribution in [3.63, 3.8) is 0 Å². The van der Waals surface area contributed by atoms with Crippen LogP contribution in [0, 0.1) is 11.6 Å². The first kappa shape index (κ1) is 26.1. The van der Waals surface area contributed by atoms with Crippen LogP contribution >= 0.6 is 11.3 Å². The summed E-state index contributed by atoms with van der Waals surface area (Å²) in [6, 6.07) is 17.0. The lowest BCUT2D eigenvalue weighted by Gasteiger charge is -2.18. The van der Waals surface area contributed by atoms with Crippen LogP contribution in [0.25, 0.3) is 34.3 Å². The second kappa shape index (κ2) is 10.7. The van der Waals surface area contributed by atoms with Crippen LogP contribution in [0.3, 0.4) is 0 Å². The molecule has 9 heteroatoms. The molecule has 0 bridgehead atoms. The third-order valence-electron chi connectivity index (χ3n) is 6.35. The molecule has 0 amide bonds. The van der Waals surface area contributed by atoms with Gasteiger partial charge in [-0.2, -0.15) is 0 Å². The van der Waals surface area contributed by atoms with E-state index in [0.717, 1.165) is 11.1 Å². The highest BCUT2D eigenvalue weighted by Gasteiger charge is 2.19. The van der Waals surface area contributed by atoms with E-state index in [1.807, 2.05) is 19.1 Å². The number of benzene rings is 3. The molecule has 5 aromatic rings. The molecule has 6 nitrogen and oxygen atoms in total. The number of aryl methyl sites for hydroxylation is 1. The molecule has 3 aromatic carbocycles. The molecule has 2 aromatic heterocycles. The molecule has 39 heavy (non-hydrogen) atoms. The van der Waals surface area contributed by atoms with E-state index in [1.54, 1.807) is 35.9 Å². The molecule has 2 heterocycles. The summed E-state index contributed by atoms with van der Waals surface area (Å²) in [6.45, 7) is 5.82. The summed E-state index contributed by atoms with van der Waals surface area (Å²) >= 11 is 1.31. The van der Waals surface area contributed by atoms with Gasteiger partial charge in [0.2, 0.25) is 5.43 Å². The number of hydrogen-bond donors (Lipinski definition) is 1. The zero-order chi connectivity index (χ0) is 27.7. The molecule has 0 fully saturated rings. The van der Waals surface area contributed by atoms with Gasteiger partial charge >= 0.3 is 0 Å². The fraction of sp³-hybridized carbons (Fsp3) is 0.133. The van der Waals surface area contributed by atoms with Crippen LogP contribution in [0.1, 0.15) is 12.5 Å². The van der Waals surface area contributed by atoms with E-state index < -0.39 is 17.1 Å². The summed E-state index contributed by atoms with van der Waals surface area (Å²) in [5, 5.41) is 0.178. The van der Waals surface area contributed by atoms with Crippen molar-refractivity contribution in [2.24, 2.45) is 7.05 Å². The van der Waals surface area contributed by atoms with E-state index in [-0.39, 0.29) is 29.9 Å². The normalized spacial score (nSPS) is 12.0. The lowest BCUT2D eigenvalue weighted by Crippen LogP contribution is -2.22. The van der Waals surface area contributed by atoms with E-state index >= 15 is 0 Å². The average Bonchev–Trinajstić information content (AvgIpc) is 3.27. The van der Waals surface area contributed by atoms with Gasteiger partial charge in [0.05, 0.1) is 25.8 Å². The van der Waals surface area contributed by atoms with Crippen LogP contribution in [0.4, 0.5) is 8.78 Å². The van der Waals surface area contributed by atoms with Crippen molar-refractivity contribution in [1.82, 2.24) is 9.55 Å². The Balaban J connectivity index is 1.38. The maximum Gasteiger partial charge on any atom is 0.266 e. The molecular formula is C30H24F2N2O4S. The average molecular weight is 547 g/mol. The van der Waals surface area contributed by atoms with Gasteiger partial charge in [-0.25, -0.2) is 8.78 Å². The van der Waals surface area contributed by atoms with Gasteiger partial charge < -0.3 is 19.0 Å². The summed E-state index contributed by atoms with van der Waals surface area (Å²) < 4.78 is 42.2. The van der Waals surface area contributed by atoms with Crippen LogP contribution in [0.5, 0.6) is 11.5 Å². The second-order valence-corrected chi connectivity index (χ2v) is 9.99. The standard InChI is InChI=1S/C30H24F2N2O4S/c1-17(29-30(36)33-18(2)39-29)19-6-11-23(12-7-19)37-14-15-38-28-26(20-4-8-21(31)9-5-20)34(3)25-13-10-22(32)16-24(25)27(28)35/h4-13,16H,2,14-15H2,1,3H3,(H,33,36)/b29-17+. The summed E-state index contributed by atoms with van der Waals surface area (Å²) in [7, 11) is 1.74. The van der Waals surface area contributed by atoms with Gasteiger partial charge in [-0.15, -0.1) is 11.3 Å². The van der Waals surface area contributed by atoms with E-state index in [0.29, 0.717) is 31.7 Å². The third kappa shape index (κ3) is 5.26. The van der Waals surface area contributed by atoms with Gasteiger partial charge in [0.25, 0.3) is 5.56 Å². The lowest BCUT2D eigenvalue weighted by atomic mass is 10.1. The van der Waals surface area contributed by atoms with Crippen molar-refractivity contribution < 1.29 is 18.3 Å². The van der Waals surface area contributed by atoms with Crippen molar-refractivity contribution in [2.45, 2.75) is 6.92 Å². The number of aromatic amines is 1. The number of aromatic nitrogens is 2. The first-order valence-electron chi connectivity index (χ1n) is 12.1. The predicted octanol–water partition coefficient (Wildman–Crippen LogP) is 4.32. The molecule has 0 saturated heterocycles. The Hall–Kier alpha value is -4.50. The number of nitrogens with one attached hydrogen (secondary N) is 1. The quantitative estimate of drug-likeness (QED) is 0.309. The van der Waals surface area contributed by atoms with Crippen LogP contribution in [-0.4, -0.2) is 22.8 Å². The molecule has 0 unspecified atom stereocenters. The molecule has 0 atom stereocenters. The molecule has 0 saturated carbocycles. The first-order chi connectivity index (χ1) is 18.7. The number of hydrogen-bond acceptors (Lipinski definition) is 5. The number of ether oxygens (including phenoxy) is 2. The smallest absolute Gasteiger partial charge is 0.266 e. The predicted molar refractivity (Wildman–Crippen MR) is 150 cm³/mol. The number of H-pyrrole nitrogens is 1. The third-order valence-corrected chi connectivity index (χ3v) is 7.39. The van der Waals surface area contributed by atoms with Gasteiger partial charge in [-0.3, -0.25) is 9.59 Å². The molecule has 0 aliphatic heterocycles.